The molecule has 4 nitrogen and oxygen atoms in total. The number of para-hydroxylation sites is 1. The number of furan rings is 1. The smallest absolute Gasteiger partial charge is 0.181 e. The second-order valence-electron chi connectivity index (χ2n) is 6.92. The first-order valence-corrected chi connectivity index (χ1v) is 9.00. The van der Waals surface area contributed by atoms with Gasteiger partial charge in [0.05, 0.1) is 11.0 Å². The second-order valence-corrected chi connectivity index (χ2v) is 6.92. The van der Waals surface area contributed by atoms with Crippen LogP contribution in [-0.2, 0) is 0 Å². The lowest BCUT2D eigenvalue weighted by atomic mass is 9.94. The summed E-state index contributed by atoms with van der Waals surface area (Å²) in [5, 5.41) is 14.2. The first kappa shape index (κ1) is 15.3. The van der Waals surface area contributed by atoms with Gasteiger partial charge in [0.15, 0.2) is 11.4 Å². The van der Waals surface area contributed by atoms with Crippen LogP contribution in [0.4, 0.5) is 0 Å². The van der Waals surface area contributed by atoms with Gasteiger partial charge < -0.3 is 9.52 Å². The summed E-state index contributed by atoms with van der Waals surface area (Å²) in [6, 6.07) is 21.1. The lowest BCUT2D eigenvalue weighted by Gasteiger charge is -2.07. The summed E-state index contributed by atoms with van der Waals surface area (Å²) in [6.45, 7) is 0. The Morgan fingerprint density at radius 1 is 0.821 bits per heavy atom. The summed E-state index contributed by atoms with van der Waals surface area (Å²) in [6.07, 6.45) is 1.79. The van der Waals surface area contributed by atoms with E-state index < -0.39 is 0 Å². The summed E-state index contributed by atoms with van der Waals surface area (Å²) in [5.41, 5.74) is 4.02. The average Bonchev–Trinajstić information content (AvgIpc) is 3.23. The standard InChI is InChI=1S/C23H13BN2O2/c24-13-5-8-19-18(11-13)15-7-6-14(27)12-20(15)26(19)23-22-17(9-10-25-23)16-3-1-2-4-21(16)28-22/h1-12,27H. The van der Waals surface area contributed by atoms with Crippen molar-refractivity contribution in [2.45, 2.75) is 0 Å². The number of rotatable bonds is 1. The maximum Gasteiger partial charge on any atom is 0.181 e. The quantitative estimate of drug-likeness (QED) is 0.437. The number of benzene rings is 3. The average molecular weight is 360 g/mol. The molecule has 2 radical (unpaired) electrons. The number of pyridine rings is 1. The van der Waals surface area contributed by atoms with Crippen LogP contribution >= 0.6 is 0 Å². The summed E-state index contributed by atoms with van der Waals surface area (Å²) < 4.78 is 8.21. The van der Waals surface area contributed by atoms with Crippen molar-refractivity contribution in [3.05, 3.63) is 72.9 Å². The molecule has 0 bridgehead atoms. The van der Waals surface area contributed by atoms with Crippen LogP contribution in [0.2, 0.25) is 0 Å². The van der Waals surface area contributed by atoms with Crippen molar-refractivity contribution in [2.24, 2.45) is 0 Å². The van der Waals surface area contributed by atoms with E-state index in [1.54, 1.807) is 18.3 Å². The van der Waals surface area contributed by atoms with Crippen molar-refractivity contribution in [1.29, 1.82) is 0 Å². The third kappa shape index (κ3) is 1.98. The molecule has 3 aromatic carbocycles. The van der Waals surface area contributed by atoms with Crippen molar-refractivity contribution in [1.82, 2.24) is 9.55 Å². The van der Waals surface area contributed by atoms with Gasteiger partial charge in [0.25, 0.3) is 0 Å². The van der Waals surface area contributed by atoms with E-state index in [1.165, 1.54) is 0 Å². The highest BCUT2D eigenvalue weighted by molar-refractivity contribution is 6.34. The molecular formula is C23H13BN2O2. The fraction of sp³-hybridized carbons (Fsp3) is 0. The van der Waals surface area contributed by atoms with Gasteiger partial charge in [-0.3, -0.25) is 4.57 Å². The Morgan fingerprint density at radius 2 is 1.71 bits per heavy atom. The van der Waals surface area contributed by atoms with Crippen LogP contribution in [0.1, 0.15) is 0 Å². The van der Waals surface area contributed by atoms with Crippen molar-refractivity contribution in [3.8, 4) is 11.6 Å². The largest absolute Gasteiger partial charge is 0.508 e. The van der Waals surface area contributed by atoms with E-state index in [0.29, 0.717) is 16.9 Å². The van der Waals surface area contributed by atoms with Gasteiger partial charge >= 0.3 is 0 Å². The molecule has 0 saturated carbocycles. The van der Waals surface area contributed by atoms with Crippen LogP contribution in [0, 0.1) is 0 Å². The minimum atomic E-state index is 0.196. The van der Waals surface area contributed by atoms with Gasteiger partial charge in [0.2, 0.25) is 0 Å². The molecule has 0 atom stereocenters. The topological polar surface area (TPSA) is 51.2 Å². The Hall–Kier alpha value is -3.73. The molecule has 0 aliphatic carbocycles. The van der Waals surface area contributed by atoms with Gasteiger partial charge in [-0.1, -0.05) is 35.8 Å². The van der Waals surface area contributed by atoms with Crippen molar-refractivity contribution in [2.75, 3.05) is 0 Å². The van der Waals surface area contributed by atoms with Gasteiger partial charge in [0, 0.05) is 33.8 Å². The molecule has 0 saturated heterocycles. The van der Waals surface area contributed by atoms with Crippen LogP contribution in [0.15, 0.2) is 77.3 Å². The highest BCUT2D eigenvalue weighted by Gasteiger charge is 2.18. The minimum absolute atomic E-state index is 0.196. The lowest BCUT2D eigenvalue weighted by molar-refractivity contribution is 0.476. The van der Waals surface area contributed by atoms with Crippen molar-refractivity contribution >= 4 is 57.1 Å². The van der Waals surface area contributed by atoms with E-state index in [2.05, 4.69) is 4.98 Å². The van der Waals surface area contributed by atoms with Crippen LogP contribution in [0.25, 0.3) is 49.6 Å². The molecule has 0 aliphatic rings. The third-order valence-electron chi connectivity index (χ3n) is 5.26. The third-order valence-corrected chi connectivity index (χ3v) is 5.26. The summed E-state index contributed by atoms with van der Waals surface area (Å²) in [4.78, 5) is 4.65. The van der Waals surface area contributed by atoms with Crippen LogP contribution in [-0.4, -0.2) is 22.5 Å². The minimum Gasteiger partial charge on any atom is -0.508 e. The number of phenolic OH excluding ortho intramolecular Hbond substituents is 1. The van der Waals surface area contributed by atoms with Gasteiger partial charge in [-0.15, -0.1) is 0 Å². The van der Waals surface area contributed by atoms with Gasteiger partial charge in [0.1, 0.15) is 19.2 Å². The van der Waals surface area contributed by atoms with E-state index >= 15 is 0 Å². The van der Waals surface area contributed by atoms with Gasteiger partial charge in [-0.05, 0) is 30.3 Å². The molecule has 1 N–H and O–H groups in total. The number of nitrogens with zero attached hydrogens (tertiary/aromatic N) is 2. The number of hydrogen-bond acceptors (Lipinski definition) is 3. The maximum absolute atomic E-state index is 10.1. The zero-order chi connectivity index (χ0) is 18.8. The maximum atomic E-state index is 10.1. The molecule has 0 fully saturated rings. The van der Waals surface area contributed by atoms with E-state index in [4.69, 9.17) is 12.3 Å². The highest BCUT2D eigenvalue weighted by atomic mass is 16.3. The summed E-state index contributed by atoms with van der Waals surface area (Å²) in [5.74, 6) is 0.880. The highest BCUT2D eigenvalue weighted by Crippen LogP contribution is 2.37. The molecule has 0 amide bonds. The molecule has 5 heteroatoms. The normalized spacial score (nSPS) is 11.9. The Morgan fingerprint density at radius 3 is 2.64 bits per heavy atom. The van der Waals surface area contributed by atoms with Crippen LogP contribution < -0.4 is 5.46 Å². The first-order chi connectivity index (χ1) is 13.7. The fourth-order valence-electron chi connectivity index (χ4n) is 4.05. The molecule has 0 spiro atoms. The molecule has 130 valence electrons. The predicted octanol–water partition coefficient (Wildman–Crippen LogP) is 4.58. The Labute approximate surface area is 161 Å². The predicted molar refractivity (Wildman–Crippen MR) is 113 cm³/mol. The fourth-order valence-corrected chi connectivity index (χ4v) is 4.05. The Kier molecular flexibility index (Phi) is 2.96. The molecule has 6 rings (SSSR count). The zero-order valence-electron chi connectivity index (χ0n) is 14.8. The van der Waals surface area contributed by atoms with Gasteiger partial charge in [-0.25, -0.2) is 4.98 Å². The number of fused-ring (bicyclic) bond motifs is 6. The molecule has 6 aromatic rings. The summed E-state index contributed by atoms with van der Waals surface area (Å²) in [7, 11) is 6.04. The SMILES string of the molecule is [B]c1ccc2c(c1)c1ccc(O)cc1n2-c1nccc2c1oc1ccccc12. The second kappa shape index (κ2) is 5.39. The van der Waals surface area contributed by atoms with E-state index in [-0.39, 0.29) is 5.75 Å². The molecule has 28 heavy (non-hydrogen) atoms. The molecule has 3 aromatic heterocycles. The number of aromatic hydroxyl groups is 1. The zero-order valence-corrected chi connectivity index (χ0v) is 14.8. The number of phenols is 1. The van der Waals surface area contributed by atoms with E-state index in [0.717, 1.165) is 38.2 Å². The lowest BCUT2D eigenvalue weighted by Crippen LogP contribution is -2.01. The Bertz CT molecular complexity index is 1550. The number of aromatic nitrogens is 2. The number of hydrogen-bond donors (Lipinski definition) is 1. The summed E-state index contributed by atoms with van der Waals surface area (Å²) >= 11 is 0. The molecule has 3 heterocycles. The molecule has 0 unspecified atom stereocenters. The molecular weight excluding hydrogens is 347 g/mol. The monoisotopic (exact) mass is 360 g/mol. The van der Waals surface area contributed by atoms with E-state index in [1.807, 2.05) is 59.2 Å². The van der Waals surface area contributed by atoms with E-state index in [9.17, 15) is 5.11 Å². The van der Waals surface area contributed by atoms with Crippen molar-refractivity contribution in [3.63, 3.8) is 0 Å². The Balaban J connectivity index is 1.83. The van der Waals surface area contributed by atoms with Crippen LogP contribution in [0.5, 0.6) is 5.75 Å². The first-order valence-electron chi connectivity index (χ1n) is 9.00. The van der Waals surface area contributed by atoms with Gasteiger partial charge in [-0.2, -0.15) is 0 Å². The van der Waals surface area contributed by atoms with Crippen LogP contribution in [0.3, 0.4) is 0 Å². The molecule has 0 aliphatic heterocycles. The van der Waals surface area contributed by atoms with Crippen molar-refractivity contribution < 1.29 is 9.52 Å².